The van der Waals surface area contributed by atoms with Gasteiger partial charge in [0.25, 0.3) is 0 Å². The second-order valence-corrected chi connectivity index (χ2v) is 4.43. The third-order valence-electron chi connectivity index (χ3n) is 3.04. The number of nitriles is 1. The van der Waals surface area contributed by atoms with E-state index in [1.807, 2.05) is 19.9 Å². The molecule has 0 aliphatic carbocycles. The lowest BCUT2D eigenvalue weighted by molar-refractivity contribution is -0.157. The highest BCUT2D eigenvalue weighted by atomic mass is 16.5. The summed E-state index contributed by atoms with van der Waals surface area (Å²) in [7, 11) is 0. The molecule has 0 aromatic heterocycles. The monoisotopic (exact) mass is 211 g/mol. The van der Waals surface area contributed by atoms with Crippen molar-refractivity contribution in [2.24, 2.45) is 11.3 Å². The minimum absolute atomic E-state index is 0.158. The van der Waals surface area contributed by atoms with Crippen LogP contribution in [0.3, 0.4) is 0 Å². The zero-order valence-electron chi connectivity index (χ0n) is 10.2. The van der Waals surface area contributed by atoms with Crippen LogP contribution in [0.4, 0.5) is 0 Å². The van der Waals surface area contributed by atoms with E-state index in [0.29, 0.717) is 25.4 Å². The first-order valence-electron chi connectivity index (χ1n) is 5.51. The Bertz CT molecular complexity index is 240. The van der Waals surface area contributed by atoms with Gasteiger partial charge in [0, 0.05) is 6.42 Å². The van der Waals surface area contributed by atoms with Crippen LogP contribution in [0.2, 0.25) is 0 Å². The molecule has 0 fully saturated rings. The quantitative estimate of drug-likeness (QED) is 0.501. The smallest absolute Gasteiger partial charge is 0.311 e. The Hall–Kier alpha value is -1.04. The van der Waals surface area contributed by atoms with Gasteiger partial charge in [0.2, 0.25) is 0 Å². The lowest BCUT2D eigenvalue weighted by Gasteiger charge is -2.28. The number of unbranched alkanes of at least 4 members (excludes halogenated alkanes) is 1. The number of esters is 1. The lowest BCUT2D eigenvalue weighted by atomic mass is 9.78. The molecule has 86 valence electrons. The summed E-state index contributed by atoms with van der Waals surface area (Å²) in [5.41, 5.74) is -0.429. The van der Waals surface area contributed by atoms with Crippen LogP contribution in [-0.2, 0) is 9.53 Å². The van der Waals surface area contributed by atoms with Gasteiger partial charge in [0.05, 0.1) is 18.1 Å². The van der Waals surface area contributed by atoms with E-state index >= 15 is 0 Å². The molecule has 0 radical (unpaired) electrons. The maximum atomic E-state index is 11.7. The van der Waals surface area contributed by atoms with Crippen molar-refractivity contribution in [1.29, 1.82) is 5.26 Å². The second-order valence-electron chi connectivity index (χ2n) is 4.43. The van der Waals surface area contributed by atoms with Crippen LogP contribution in [0.5, 0.6) is 0 Å². The Morgan fingerprint density at radius 1 is 1.53 bits per heavy atom. The van der Waals surface area contributed by atoms with Crippen molar-refractivity contribution in [3.05, 3.63) is 0 Å². The van der Waals surface area contributed by atoms with Gasteiger partial charge in [0.1, 0.15) is 0 Å². The molecule has 0 saturated carbocycles. The molecule has 0 aromatic carbocycles. The number of rotatable bonds is 6. The molecule has 3 nitrogen and oxygen atoms in total. The average Bonchev–Trinajstić information content (AvgIpc) is 2.22. The van der Waals surface area contributed by atoms with E-state index in [1.165, 1.54) is 0 Å². The van der Waals surface area contributed by atoms with Crippen molar-refractivity contribution in [3.63, 3.8) is 0 Å². The van der Waals surface area contributed by atoms with Crippen LogP contribution in [0.1, 0.15) is 47.0 Å². The molecule has 0 aliphatic rings. The number of carbonyl (C=O) groups excluding carboxylic acids is 1. The van der Waals surface area contributed by atoms with Crippen LogP contribution in [0.25, 0.3) is 0 Å². The predicted molar refractivity (Wildman–Crippen MR) is 59.0 cm³/mol. The van der Waals surface area contributed by atoms with Crippen molar-refractivity contribution in [1.82, 2.24) is 0 Å². The summed E-state index contributed by atoms with van der Waals surface area (Å²) < 4.78 is 5.14. The fourth-order valence-electron chi connectivity index (χ4n) is 1.21. The van der Waals surface area contributed by atoms with Crippen molar-refractivity contribution in [2.75, 3.05) is 6.61 Å². The van der Waals surface area contributed by atoms with Crippen LogP contribution in [-0.4, -0.2) is 12.6 Å². The van der Waals surface area contributed by atoms with Crippen molar-refractivity contribution in [2.45, 2.75) is 47.0 Å². The molecule has 15 heavy (non-hydrogen) atoms. The van der Waals surface area contributed by atoms with Gasteiger partial charge in [-0.15, -0.1) is 0 Å². The highest BCUT2D eigenvalue weighted by Crippen LogP contribution is 2.30. The summed E-state index contributed by atoms with van der Waals surface area (Å²) in [5, 5.41) is 8.33. The Kier molecular flexibility index (Phi) is 6.00. The van der Waals surface area contributed by atoms with E-state index in [4.69, 9.17) is 10.00 Å². The SMILES string of the molecule is CCC(C)C(C)(C)C(=O)OCCCC#N. The van der Waals surface area contributed by atoms with Gasteiger partial charge >= 0.3 is 5.97 Å². The third-order valence-corrected chi connectivity index (χ3v) is 3.04. The summed E-state index contributed by atoms with van der Waals surface area (Å²) in [6.07, 6.45) is 2.02. The van der Waals surface area contributed by atoms with Gasteiger partial charge in [-0.05, 0) is 26.2 Å². The fraction of sp³-hybridized carbons (Fsp3) is 0.833. The van der Waals surface area contributed by atoms with Gasteiger partial charge in [-0.1, -0.05) is 20.3 Å². The first kappa shape index (κ1) is 14.0. The summed E-state index contributed by atoms with van der Waals surface area (Å²) in [4.78, 5) is 11.7. The molecule has 0 amide bonds. The summed E-state index contributed by atoms with van der Waals surface area (Å²) in [5.74, 6) is 0.149. The number of carbonyl (C=O) groups is 1. The highest BCUT2D eigenvalue weighted by Gasteiger charge is 2.34. The summed E-state index contributed by atoms with van der Waals surface area (Å²) in [6, 6.07) is 2.02. The Morgan fingerprint density at radius 3 is 2.60 bits per heavy atom. The van der Waals surface area contributed by atoms with E-state index in [0.717, 1.165) is 6.42 Å². The highest BCUT2D eigenvalue weighted by molar-refractivity contribution is 5.76. The molecule has 0 saturated heterocycles. The number of hydrogen-bond donors (Lipinski definition) is 0. The van der Waals surface area contributed by atoms with E-state index in [-0.39, 0.29) is 5.97 Å². The molecule has 1 atom stereocenters. The van der Waals surface area contributed by atoms with Crippen molar-refractivity contribution < 1.29 is 9.53 Å². The third kappa shape index (κ3) is 4.33. The van der Waals surface area contributed by atoms with Crippen LogP contribution in [0.15, 0.2) is 0 Å². The van der Waals surface area contributed by atoms with Crippen LogP contribution < -0.4 is 0 Å². The standard InChI is InChI=1S/C12H21NO2/c1-5-10(2)12(3,4)11(14)15-9-7-6-8-13/h10H,5-7,9H2,1-4H3. The van der Waals surface area contributed by atoms with E-state index in [1.54, 1.807) is 0 Å². The summed E-state index contributed by atoms with van der Waals surface area (Å²) in [6.45, 7) is 8.29. The summed E-state index contributed by atoms with van der Waals surface area (Å²) >= 11 is 0. The molecule has 0 spiro atoms. The van der Waals surface area contributed by atoms with E-state index in [9.17, 15) is 4.79 Å². The first-order chi connectivity index (χ1) is 6.96. The predicted octanol–water partition coefficient (Wildman–Crippen LogP) is 2.91. The second kappa shape index (κ2) is 6.44. The van der Waals surface area contributed by atoms with Gasteiger partial charge in [-0.2, -0.15) is 5.26 Å². The van der Waals surface area contributed by atoms with Crippen LogP contribution >= 0.6 is 0 Å². The molecule has 0 N–H and O–H groups in total. The molecule has 1 unspecified atom stereocenters. The largest absolute Gasteiger partial charge is 0.465 e. The van der Waals surface area contributed by atoms with E-state index in [2.05, 4.69) is 13.8 Å². The molecular formula is C12H21NO2. The number of hydrogen-bond acceptors (Lipinski definition) is 3. The number of nitrogens with zero attached hydrogens (tertiary/aromatic N) is 1. The first-order valence-corrected chi connectivity index (χ1v) is 5.51. The Morgan fingerprint density at radius 2 is 2.13 bits per heavy atom. The fourth-order valence-corrected chi connectivity index (χ4v) is 1.21. The minimum atomic E-state index is -0.429. The zero-order chi connectivity index (χ0) is 11.9. The normalized spacial score (nSPS) is 13.0. The molecule has 0 rings (SSSR count). The van der Waals surface area contributed by atoms with Gasteiger partial charge in [0.15, 0.2) is 0 Å². The zero-order valence-corrected chi connectivity index (χ0v) is 10.2. The average molecular weight is 211 g/mol. The Labute approximate surface area is 92.4 Å². The van der Waals surface area contributed by atoms with Gasteiger partial charge < -0.3 is 4.74 Å². The molecule has 0 bridgehead atoms. The molecule has 3 heteroatoms. The van der Waals surface area contributed by atoms with Crippen molar-refractivity contribution in [3.8, 4) is 6.07 Å². The Balaban J connectivity index is 4.03. The van der Waals surface area contributed by atoms with E-state index < -0.39 is 5.41 Å². The molecule has 0 aromatic rings. The lowest BCUT2D eigenvalue weighted by Crippen LogP contribution is -2.33. The minimum Gasteiger partial charge on any atom is -0.465 e. The maximum absolute atomic E-state index is 11.7. The van der Waals surface area contributed by atoms with Crippen molar-refractivity contribution >= 4 is 5.97 Å². The molecular weight excluding hydrogens is 190 g/mol. The number of ether oxygens (including phenoxy) is 1. The maximum Gasteiger partial charge on any atom is 0.311 e. The van der Waals surface area contributed by atoms with Gasteiger partial charge in [-0.25, -0.2) is 0 Å². The topological polar surface area (TPSA) is 50.1 Å². The van der Waals surface area contributed by atoms with Crippen LogP contribution in [0, 0.1) is 22.7 Å². The molecule has 0 aliphatic heterocycles. The molecule has 0 heterocycles. The van der Waals surface area contributed by atoms with Gasteiger partial charge in [-0.3, -0.25) is 4.79 Å².